The Morgan fingerprint density at radius 2 is 2.20 bits per heavy atom. The van der Waals surface area contributed by atoms with Crippen LogP contribution in [0.1, 0.15) is 15.9 Å². The molecule has 5 nitrogen and oxygen atoms in total. The zero-order valence-electron chi connectivity index (χ0n) is 10.9. The molecule has 1 aliphatic heterocycles. The second kappa shape index (κ2) is 4.85. The molecule has 1 aliphatic rings. The summed E-state index contributed by atoms with van der Waals surface area (Å²) in [6, 6.07) is 7.18. The van der Waals surface area contributed by atoms with Crippen LogP contribution in [0.15, 0.2) is 30.5 Å². The molecule has 0 saturated carbocycles. The van der Waals surface area contributed by atoms with Crippen molar-refractivity contribution in [1.82, 2.24) is 4.98 Å². The first-order chi connectivity index (χ1) is 9.69. The summed E-state index contributed by atoms with van der Waals surface area (Å²) in [4.78, 5) is 15.5. The van der Waals surface area contributed by atoms with Gasteiger partial charge in [0.05, 0.1) is 13.7 Å². The molecule has 0 amide bonds. The molecule has 2 aromatic rings. The lowest BCUT2D eigenvalue weighted by molar-refractivity contribution is 0.0693. The molecule has 0 fully saturated rings. The summed E-state index contributed by atoms with van der Waals surface area (Å²) in [6.07, 6.45) is 2.40. The van der Waals surface area contributed by atoms with E-state index >= 15 is 0 Å². The van der Waals surface area contributed by atoms with Gasteiger partial charge in [-0.05, 0) is 29.3 Å². The lowest BCUT2D eigenvalue weighted by Gasteiger charge is -2.08. The molecule has 102 valence electrons. The number of carboxylic acids is 1. The number of nitrogens with zero attached hydrogens (tertiary/aromatic N) is 1. The molecular weight excluding hydrogens is 258 g/mol. The van der Waals surface area contributed by atoms with Crippen molar-refractivity contribution < 1.29 is 19.4 Å². The van der Waals surface area contributed by atoms with Gasteiger partial charge in [-0.25, -0.2) is 9.78 Å². The Bertz CT molecular complexity index is 664. The van der Waals surface area contributed by atoms with Gasteiger partial charge in [-0.15, -0.1) is 0 Å². The maximum atomic E-state index is 11.3. The van der Waals surface area contributed by atoms with Gasteiger partial charge in [-0.3, -0.25) is 0 Å². The Hall–Kier alpha value is -2.56. The van der Waals surface area contributed by atoms with Crippen LogP contribution in [0.25, 0.3) is 11.1 Å². The van der Waals surface area contributed by atoms with Gasteiger partial charge in [0.25, 0.3) is 0 Å². The fraction of sp³-hybridized carbons (Fsp3) is 0.200. The van der Waals surface area contributed by atoms with Crippen LogP contribution < -0.4 is 9.47 Å². The summed E-state index contributed by atoms with van der Waals surface area (Å²) in [6.45, 7) is 0.528. The van der Waals surface area contributed by atoms with Crippen molar-refractivity contribution in [3.8, 4) is 22.8 Å². The molecule has 3 rings (SSSR count). The number of benzene rings is 1. The fourth-order valence-electron chi connectivity index (χ4n) is 2.31. The molecular formula is C15H13NO4. The van der Waals surface area contributed by atoms with E-state index in [0.29, 0.717) is 18.2 Å². The third-order valence-electron chi connectivity index (χ3n) is 3.29. The van der Waals surface area contributed by atoms with Crippen LogP contribution in [0.5, 0.6) is 11.6 Å². The van der Waals surface area contributed by atoms with Crippen molar-refractivity contribution in [1.29, 1.82) is 0 Å². The van der Waals surface area contributed by atoms with E-state index in [-0.39, 0.29) is 5.56 Å². The first-order valence-electron chi connectivity index (χ1n) is 6.22. The Morgan fingerprint density at radius 1 is 1.35 bits per heavy atom. The Balaban J connectivity index is 2.09. The van der Waals surface area contributed by atoms with Crippen LogP contribution in [0.2, 0.25) is 0 Å². The number of carbonyl (C=O) groups is 1. The van der Waals surface area contributed by atoms with Crippen LogP contribution in [0.3, 0.4) is 0 Å². The third-order valence-corrected chi connectivity index (χ3v) is 3.29. The lowest BCUT2D eigenvalue weighted by atomic mass is 9.99. The zero-order valence-corrected chi connectivity index (χ0v) is 10.9. The highest BCUT2D eigenvalue weighted by atomic mass is 16.5. The molecule has 0 atom stereocenters. The predicted octanol–water partition coefficient (Wildman–Crippen LogP) is 2.39. The average molecular weight is 271 g/mol. The second-order valence-corrected chi connectivity index (χ2v) is 4.50. The number of hydrogen-bond acceptors (Lipinski definition) is 4. The van der Waals surface area contributed by atoms with E-state index in [1.165, 1.54) is 0 Å². The predicted molar refractivity (Wildman–Crippen MR) is 72.4 cm³/mol. The van der Waals surface area contributed by atoms with Gasteiger partial charge in [0.15, 0.2) is 0 Å². The maximum absolute atomic E-state index is 11.3. The molecule has 0 spiro atoms. The number of methoxy groups -OCH3 is 1. The summed E-state index contributed by atoms with van der Waals surface area (Å²) in [5, 5.41) is 9.29. The zero-order chi connectivity index (χ0) is 14.1. The molecule has 0 aliphatic carbocycles. The number of aromatic carboxylic acids is 1. The molecule has 0 bridgehead atoms. The van der Waals surface area contributed by atoms with Gasteiger partial charge in [0.1, 0.15) is 11.3 Å². The van der Waals surface area contributed by atoms with Crippen molar-refractivity contribution in [2.75, 3.05) is 13.7 Å². The molecule has 20 heavy (non-hydrogen) atoms. The fourth-order valence-corrected chi connectivity index (χ4v) is 2.31. The number of fused-ring (bicyclic) bond motifs is 1. The van der Waals surface area contributed by atoms with E-state index in [1.54, 1.807) is 25.4 Å². The monoisotopic (exact) mass is 271 g/mol. The van der Waals surface area contributed by atoms with Gasteiger partial charge >= 0.3 is 5.97 Å². The Kier molecular flexibility index (Phi) is 3.02. The second-order valence-electron chi connectivity index (χ2n) is 4.50. The number of carboxylic acid groups (broad SMARTS) is 1. The highest BCUT2D eigenvalue weighted by Crippen LogP contribution is 2.34. The highest BCUT2D eigenvalue weighted by molar-refractivity contribution is 5.93. The smallest absolute Gasteiger partial charge is 0.339 e. The van der Waals surface area contributed by atoms with Crippen LogP contribution >= 0.6 is 0 Å². The molecule has 2 heterocycles. The van der Waals surface area contributed by atoms with E-state index in [4.69, 9.17) is 9.47 Å². The van der Waals surface area contributed by atoms with E-state index in [0.717, 1.165) is 23.1 Å². The molecule has 0 unspecified atom stereocenters. The highest BCUT2D eigenvalue weighted by Gasteiger charge is 2.22. The van der Waals surface area contributed by atoms with Crippen molar-refractivity contribution in [2.45, 2.75) is 6.42 Å². The number of rotatable bonds is 3. The summed E-state index contributed by atoms with van der Waals surface area (Å²) in [5.41, 5.74) is 2.80. The summed E-state index contributed by atoms with van der Waals surface area (Å²) in [7, 11) is 1.55. The van der Waals surface area contributed by atoms with Crippen molar-refractivity contribution in [2.24, 2.45) is 0 Å². The lowest BCUT2D eigenvalue weighted by Crippen LogP contribution is -2.00. The summed E-state index contributed by atoms with van der Waals surface area (Å²) < 4.78 is 10.4. The van der Waals surface area contributed by atoms with Crippen molar-refractivity contribution in [3.63, 3.8) is 0 Å². The molecule has 5 heteroatoms. The van der Waals surface area contributed by atoms with Gasteiger partial charge in [-0.1, -0.05) is 0 Å². The molecule has 1 aromatic carbocycles. The SMILES string of the molecule is COc1ccc(-c2cc3c(c(C(=O)O)c2)OCC3)cn1. The van der Waals surface area contributed by atoms with E-state index in [1.807, 2.05) is 12.1 Å². The number of aromatic nitrogens is 1. The van der Waals surface area contributed by atoms with Gasteiger partial charge in [0.2, 0.25) is 5.88 Å². The Labute approximate surface area is 115 Å². The number of ether oxygens (including phenoxy) is 2. The minimum absolute atomic E-state index is 0.200. The van der Waals surface area contributed by atoms with Crippen LogP contribution in [0.4, 0.5) is 0 Å². The van der Waals surface area contributed by atoms with Gasteiger partial charge in [0, 0.05) is 24.2 Å². The molecule has 0 saturated heterocycles. The average Bonchev–Trinajstić information content (AvgIpc) is 2.94. The normalized spacial score (nSPS) is 12.7. The first-order valence-corrected chi connectivity index (χ1v) is 6.22. The largest absolute Gasteiger partial charge is 0.492 e. The topological polar surface area (TPSA) is 68.7 Å². The Morgan fingerprint density at radius 3 is 2.85 bits per heavy atom. The van der Waals surface area contributed by atoms with E-state index in [2.05, 4.69) is 4.98 Å². The number of pyridine rings is 1. The number of hydrogen-bond donors (Lipinski definition) is 1. The van der Waals surface area contributed by atoms with Gasteiger partial charge in [-0.2, -0.15) is 0 Å². The summed E-state index contributed by atoms with van der Waals surface area (Å²) in [5.74, 6) is 0.0332. The molecule has 1 N–H and O–H groups in total. The van der Waals surface area contributed by atoms with E-state index < -0.39 is 5.97 Å². The standard InChI is InChI=1S/C15H13NO4/c1-19-13-3-2-10(8-16-13)11-6-9-4-5-20-14(9)12(7-11)15(17)18/h2-3,6-8H,4-5H2,1H3,(H,17,18). The van der Waals surface area contributed by atoms with Crippen molar-refractivity contribution >= 4 is 5.97 Å². The van der Waals surface area contributed by atoms with Crippen LogP contribution in [-0.4, -0.2) is 29.8 Å². The maximum Gasteiger partial charge on any atom is 0.339 e. The van der Waals surface area contributed by atoms with Crippen molar-refractivity contribution in [3.05, 3.63) is 41.6 Å². The molecule has 1 aromatic heterocycles. The van der Waals surface area contributed by atoms with Crippen LogP contribution in [0, 0.1) is 0 Å². The molecule has 0 radical (unpaired) electrons. The summed E-state index contributed by atoms with van der Waals surface area (Å²) >= 11 is 0. The third kappa shape index (κ3) is 2.07. The van der Waals surface area contributed by atoms with Gasteiger partial charge < -0.3 is 14.6 Å². The van der Waals surface area contributed by atoms with E-state index in [9.17, 15) is 9.90 Å². The quantitative estimate of drug-likeness (QED) is 0.928. The van der Waals surface area contributed by atoms with Crippen LogP contribution in [-0.2, 0) is 6.42 Å². The first kappa shape index (κ1) is 12.5. The minimum atomic E-state index is -0.980. The minimum Gasteiger partial charge on any atom is -0.492 e.